The molecule has 0 aliphatic rings. The van der Waals surface area contributed by atoms with Gasteiger partial charge in [-0.15, -0.1) is 0 Å². The zero-order valence-electron chi connectivity index (χ0n) is 13.7. The summed E-state index contributed by atoms with van der Waals surface area (Å²) in [6.45, 7) is 1.25. The molecule has 2 aromatic carbocycles. The van der Waals surface area contributed by atoms with Gasteiger partial charge in [-0.1, -0.05) is 23.2 Å². The number of ether oxygens (including phenoxy) is 1. The van der Waals surface area contributed by atoms with Gasteiger partial charge in [-0.3, -0.25) is 4.79 Å². The Morgan fingerprint density at radius 3 is 2.41 bits per heavy atom. The zero-order valence-corrected chi connectivity index (χ0v) is 15.2. The Labute approximate surface area is 162 Å². The predicted octanol–water partition coefficient (Wildman–Crippen LogP) is 4.78. The number of rotatable bonds is 4. The number of carbonyl (C=O) groups excluding carboxylic acids is 2. The van der Waals surface area contributed by atoms with Gasteiger partial charge < -0.3 is 15.8 Å². The van der Waals surface area contributed by atoms with Crippen LogP contribution in [0.25, 0.3) is 0 Å². The first-order chi connectivity index (χ1) is 12.5. The fraction of sp³-hybridized carbons (Fsp3) is 0.176. The highest BCUT2D eigenvalue weighted by atomic mass is 35.5. The number of nitrogen functional groups attached to an aromatic ring is 1. The minimum absolute atomic E-state index is 0.00356. The molecule has 2 rings (SSSR count). The van der Waals surface area contributed by atoms with E-state index < -0.39 is 29.7 Å². The van der Waals surface area contributed by atoms with E-state index in [1.165, 1.54) is 25.1 Å². The van der Waals surface area contributed by atoms with Gasteiger partial charge in [-0.25, -0.2) is 4.79 Å². The van der Waals surface area contributed by atoms with Crippen LogP contribution in [-0.4, -0.2) is 18.0 Å². The Kier molecular flexibility index (Phi) is 6.22. The fourth-order valence-corrected chi connectivity index (χ4v) is 2.37. The molecule has 0 aliphatic carbocycles. The minimum atomic E-state index is -4.60. The third-order valence-electron chi connectivity index (χ3n) is 3.44. The molecule has 27 heavy (non-hydrogen) atoms. The Morgan fingerprint density at radius 1 is 1.15 bits per heavy atom. The van der Waals surface area contributed by atoms with Gasteiger partial charge in [-0.2, -0.15) is 13.2 Å². The van der Waals surface area contributed by atoms with Crippen LogP contribution in [0.15, 0.2) is 36.4 Å². The average Bonchev–Trinajstić information content (AvgIpc) is 2.55. The van der Waals surface area contributed by atoms with Gasteiger partial charge in [-0.05, 0) is 43.3 Å². The van der Waals surface area contributed by atoms with Gasteiger partial charge >= 0.3 is 12.1 Å². The first-order valence-electron chi connectivity index (χ1n) is 7.42. The number of amides is 1. The SMILES string of the molecule is CC(OC(=O)c1ccc(Cl)cc1N)C(=O)Nc1cc(C(F)(F)F)ccc1Cl. The van der Waals surface area contributed by atoms with E-state index in [0.717, 1.165) is 12.1 Å². The highest BCUT2D eigenvalue weighted by Crippen LogP contribution is 2.34. The summed E-state index contributed by atoms with van der Waals surface area (Å²) in [6.07, 6.45) is -5.92. The second-order valence-electron chi connectivity index (χ2n) is 5.46. The van der Waals surface area contributed by atoms with Crippen molar-refractivity contribution in [3.63, 3.8) is 0 Å². The molecule has 1 atom stereocenters. The molecule has 0 saturated heterocycles. The second-order valence-corrected chi connectivity index (χ2v) is 6.30. The topological polar surface area (TPSA) is 81.4 Å². The van der Waals surface area contributed by atoms with Crippen LogP contribution in [0, 0.1) is 0 Å². The van der Waals surface area contributed by atoms with Crippen LogP contribution in [0.1, 0.15) is 22.8 Å². The summed E-state index contributed by atoms with van der Waals surface area (Å²) in [4.78, 5) is 24.2. The Bertz CT molecular complexity index is 888. The lowest BCUT2D eigenvalue weighted by Crippen LogP contribution is -2.30. The van der Waals surface area contributed by atoms with Crippen LogP contribution < -0.4 is 11.1 Å². The maximum Gasteiger partial charge on any atom is 0.416 e. The lowest BCUT2D eigenvalue weighted by Gasteiger charge is -2.16. The Hall–Kier alpha value is -2.45. The molecule has 10 heteroatoms. The number of halogens is 5. The molecule has 0 saturated carbocycles. The number of anilines is 2. The van der Waals surface area contributed by atoms with Crippen LogP contribution in [0.2, 0.25) is 10.0 Å². The van der Waals surface area contributed by atoms with Crippen LogP contribution in [-0.2, 0) is 15.7 Å². The third-order valence-corrected chi connectivity index (χ3v) is 4.00. The van der Waals surface area contributed by atoms with E-state index in [4.69, 9.17) is 33.7 Å². The number of hydrogen-bond acceptors (Lipinski definition) is 4. The molecule has 0 bridgehead atoms. The third kappa shape index (κ3) is 5.27. The van der Waals surface area contributed by atoms with Gasteiger partial charge in [0.15, 0.2) is 6.10 Å². The van der Waals surface area contributed by atoms with Crippen molar-refractivity contribution in [3.8, 4) is 0 Å². The van der Waals surface area contributed by atoms with E-state index in [0.29, 0.717) is 11.1 Å². The number of nitrogens with two attached hydrogens (primary N) is 1. The highest BCUT2D eigenvalue weighted by molar-refractivity contribution is 6.33. The van der Waals surface area contributed by atoms with Crippen molar-refractivity contribution in [2.45, 2.75) is 19.2 Å². The van der Waals surface area contributed by atoms with Crippen molar-refractivity contribution in [1.29, 1.82) is 0 Å². The zero-order chi connectivity index (χ0) is 20.4. The molecule has 0 radical (unpaired) electrons. The Morgan fingerprint density at radius 2 is 1.81 bits per heavy atom. The summed E-state index contributed by atoms with van der Waals surface area (Å²) in [6, 6.07) is 6.56. The summed E-state index contributed by atoms with van der Waals surface area (Å²) >= 11 is 11.6. The van der Waals surface area contributed by atoms with Crippen LogP contribution in [0.5, 0.6) is 0 Å². The molecule has 0 fully saturated rings. The summed E-state index contributed by atoms with van der Waals surface area (Å²) < 4.78 is 43.3. The first kappa shape index (κ1) is 20.9. The van der Waals surface area contributed by atoms with Crippen molar-refractivity contribution >= 4 is 46.5 Å². The van der Waals surface area contributed by atoms with E-state index in [9.17, 15) is 22.8 Å². The normalized spacial score (nSPS) is 12.4. The summed E-state index contributed by atoms with van der Waals surface area (Å²) in [5.41, 5.74) is 4.47. The van der Waals surface area contributed by atoms with E-state index in [1.807, 2.05) is 0 Å². The summed E-state index contributed by atoms with van der Waals surface area (Å²) in [5.74, 6) is -1.75. The molecule has 3 N–H and O–H groups in total. The van der Waals surface area contributed by atoms with Gasteiger partial charge in [0.25, 0.3) is 5.91 Å². The molecule has 5 nitrogen and oxygen atoms in total. The van der Waals surface area contributed by atoms with Crippen molar-refractivity contribution < 1.29 is 27.5 Å². The van der Waals surface area contributed by atoms with E-state index >= 15 is 0 Å². The number of alkyl halides is 3. The summed E-state index contributed by atoms with van der Waals surface area (Å²) in [5, 5.41) is 2.42. The van der Waals surface area contributed by atoms with Crippen molar-refractivity contribution in [2.24, 2.45) is 0 Å². The molecular weight excluding hydrogens is 408 g/mol. The van der Waals surface area contributed by atoms with Crippen molar-refractivity contribution in [3.05, 3.63) is 57.6 Å². The van der Waals surface area contributed by atoms with E-state index in [1.54, 1.807) is 0 Å². The molecule has 0 aliphatic heterocycles. The van der Waals surface area contributed by atoms with E-state index in [-0.39, 0.29) is 22.0 Å². The molecule has 0 heterocycles. The maximum atomic E-state index is 12.8. The molecule has 1 unspecified atom stereocenters. The van der Waals surface area contributed by atoms with E-state index in [2.05, 4.69) is 5.32 Å². The highest BCUT2D eigenvalue weighted by Gasteiger charge is 2.31. The van der Waals surface area contributed by atoms with Crippen LogP contribution in [0.4, 0.5) is 24.5 Å². The smallest absolute Gasteiger partial charge is 0.416 e. The maximum absolute atomic E-state index is 12.8. The molecule has 144 valence electrons. The van der Waals surface area contributed by atoms with Crippen molar-refractivity contribution in [2.75, 3.05) is 11.1 Å². The quantitative estimate of drug-likeness (QED) is 0.550. The summed E-state index contributed by atoms with van der Waals surface area (Å²) in [7, 11) is 0. The fourth-order valence-electron chi connectivity index (χ4n) is 2.03. The Balaban J connectivity index is 2.11. The van der Waals surface area contributed by atoms with Gasteiger partial charge in [0, 0.05) is 10.7 Å². The monoisotopic (exact) mass is 420 g/mol. The van der Waals surface area contributed by atoms with Crippen molar-refractivity contribution in [1.82, 2.24) is 0 Å². The minimum Gasteiger partial charge on any atom is -0.449 e. The predicted molar refractivity (Wildman–Crippen MR) is 95.8 cm³/mol. The molecule has 0 spiro atoms. The standard InChI is InChI=1S/C17H13Cl2F3N2O3/c1-8(27-16(26)11-4-3-10(18)7-13(11)23)15(25)24-14-6-9(17(20,21)22)2-5-12(14)19/h2-8H,23H2,1H3,(H,24,25). The van der Waals surface area contributed by atoms with Crippen LogP contribution >= 0.6 is 23.2 Å². The number of carbonyl (C=O) groups is 2. The van der Waals surface area contributed by atoms with Crippen LogP contribution in [0.3, 0.4) is 0 Å². The molecular formula is C17H13Cl2F3N2O3. The average molecular weight is 421 g/mol. The molecule has 0 aromatic heterocycles. The van der Waals surface area contributed by atoms with Gasteiger partial charge in [0.2, 0.25) is 0 Å². The number of hydrogen-bond donors (Lipinski definition) is 2. The number of nitrogens with one attached hydrogen (secondary N) is 1. The van der Waals surface area contributed by atoms with Gasteiger partial charge in [0.05, 0.1) is 21.8 Å². The molecule has 1 amide bonds. The molecule has 2 aromatic rings. The first-order valence-corrected chi connectivity index (χ1v) is 8.18. The lowest BCUT2D eigenvalue weighted by molar-refractivity contribution is -0.137. The number of esters is 1. The second kappa shape index (κ2) is 8.06. The van der Waals surface area contributed by atoms with Gasteiger partial charge in [0.1, 0.15) is 0 Å². The number of benzene rings is 2. The largest absolute Gasteiger partial charge is 0.449 e. The lowest BCUT2D eigenvalue weighted by atomic mass is 10.2.